The summed E-state index contributed by atoms with van der Waals surface area (Å²) in [6.07, 6.45) is 1.05. The van der Waals surface area contributed by atoms with Crippen molar-refractivity contribution in [1.29, 1.82) is 0 Å². The van der Waals surface area contributed by atoms with E-state index in [9.17, 15) is 21.6 Å². The van der Waals surface area contributed by atoms with E-state index in [1.807, 2.05) is 6.92 Å². The number of rotatable bonds is 4. The van der Waals surface area contributed by atoms with E-state index in [0.717, 1.165) is 0 Å². The number of carbonyl (C=O) groups is 1. The summed E-state index contributed by atoms with van der Waals surface area (Å²) in [5.74, 6) is 0.419. The Balaban J connectivity index is 1.87. The number of nitrogens with zero attached hydrogens (tertiary/aromatic N) is 1. The number of amides is 2. The zero-order valence-corrected chi connectivity index (χ0v) is 13.7. The lowest BCUT2D eigenvalue weighted by Crippen LogP contribution is -2.47. The molecule has 21 heavy (non-hydrogen) atoms. The molecule has 2 amide bonds. The van der Waals surface area contributed by atoms with Crippen LogP contribution < -0.4 is 5.32 Å². The molecule has 2 rings (SSSR count). The van der Waals surface area contributed by atoms with Crippen LogP contribution in [0.1, 0.15) is 19.8 Å². The van der Waals surface area contributed by atoms with Gasteiger partial charge < -0.3 is 10.2 Å². The Morgan fingerprint density at radius 2 is 1.71 bits per heavy atom. The lowest BCUT2D eigenvalue weighted by Gasteiger charge is -2.27. The van der Waals surface area contributed by atoms with Gasteiger partial charge in [0, 0.05) is 19.1 Å². The maximum atomic E-state index is 12.2. The van der Waals surface area contributed by atoms with Gasteiger partial charge in [-0.1, -0.05) is 0 Å². The molecule has 2 aliphatic rings. The Bertz CT molecular complexity index is 599. The molecule has 1 N–H and O–H groups in total. The molecule has 2 saturated heterocycles. The van der Waals surface area contributed by atoms with Crippen molar-refractivity contribution in [2.75, 3.05) is 36.1 Å². The first-order valence-electron chi connectivity index (χ1n) is 7.18. The third-order valence-electron chi connectivity index (χ3n) is 4.12. The third-order valence-corrected chi connectivity index (χ3v) is 7.71. The molecule has 9 heteroatoms. The zero-order valence-electron chi connectivity index (χ0n) is 12.1. The number of nitrogens with one attached hydrogen (secondary N) is 1. The fourth-order valence-electron chi connectivity index (χ4n) is 2.96. The number of sulfone groups is 2. The van der Waals surface area contributed by atoms with Gasteiger partial charge in [-0.3, -0.25) is 0 Å². The van der Waals surface area contributed by atoms with Gasteiger partial charge in [-0.2, -0.15) is 0 Å². The second kappa shape index (κ2) is 6.12. The van der Waals surface area contributed by atoms with E-state index in [-0.39, 0.29) is 41.0 Å². The summed E-state index contributed by atoms with van der Waals surface area (Å²) in [6.45, 7) is 2.58. The molecule has 2 atom stereocenters. The second-order valence-electron chi connectivity index (χ2n) is 5.80. The molecular weight excluding hydrogens is 316 g/mol. The summed E-state index contributed by atoms with van der Waals surface area (Å²) in [5, 5.41) is 2.75. The summed E-state index contributed by atoms with van der Waals surface area (Å²) in [4.78, 5) is 13.7. The number of urea groups is 1. The molecule has 0 spiro atoms. The summed E-state index contributed by atoms with van der Waals surface area (Å²) in [6, 6.07) is -0.573. The second-order valence-corrected chi connectivity index (χ2v) is 10.3. The average molecular weight is 338 g/mol. The van der Waals surface area contributed by atoms with Crippen LogP contribution in [0, 0.1) is 5.92 Å². The highest BCUT2D eigenvalue weighted by atomic mass is 32.2. The smallest absolute Gasteiger partial charge is 0.317 e. The standard InChI is InChI=1S/C12H22N2O5S2/c1-2-14(11-4-6-21(18,19)9-11)12(15)13-7-10-3-5-20(16,17)8-10/h10-11H,2-9H2,1H3,(H,13,15). The van der Waals surface area contributed by atoms with E-state index >= 15 is 0 Å². The van der Waals surface area contributed by atoms with Crippen LogP contribution in [-0.4, -0.2) is 69.9 Å². The van der Waals surface area contributed by atoms with E-state index in [2.05, 4.69) is 5.32 Å². The van der Waals surface area contributed by atoms with Crippen LogP contribution in [0.25, 0.3) is 0 Å². The predicted octanol–water partition coefficient (Wildman–Crippen LogP) is -0.360. The van der Waals surface area contributed by atoms with E-state index in [4.69, 9.17) is 0 Å². The van der Waals surface area contributed by atoms with Gasteiger partial charge in [0.25, 0.3) is 0 Å². The molecule has 2 heterocycles. The normalized spacial score (nSPS) is 30.1. The highest BCUT2D eigenvalue weighted by Gasteiger charge is 2.34. The minimum atomic E-state index is -3.03. The van der Waals surface area contributed by atoms with Gasteiger partial charge in [-0.25, -0.2) is 21.6 Å². The first kappa shape index (κ1) is 16.5. The predicted molar refractivity (Wildman–Crippen MR) is 79.6 cm³/mol. The Morgan fingerprint density at radius 3 is 2.19 bits per heavy atom. The van der Waals surface area contributed by atoms with Gasteiger partial charge in [0.1, 0.15) is 0 Å². The van der Waals surface area contributed by atoms with Gasteiger partial charge in [-0.15, -0.1) is 0 Å². The average Bonchev–Trinajstić information content (AvgIpc) is 2.90. The first-order chi connectivity index (χ1) is 9.72. The molecule has 2 aliphatic heterocycles. The zero-order chi connectivity index (χ0) is 15.7. The van der Waals surface area contributed by atoms with Gasteiger partial charge in [0.2, 0.25) is 0 Å². The van der Waals surface area contributed by atoms with Crippen molar-refractivity contribution in [3.05, 3.63) is 0 Å². The van der Waals surface area contributed by atoms with Crippen LogP contribution in [0.15, 0.2) is 0 Å². The SMILES string of the molecule is CCN(C(=O)NCC1CCS(=O)(=O)C1)C1CCS(=O)(=O)C1. The lowest BCUT2D eigenvalue weighted by molar-refractivity contribution is 0.182. The maximum Gasteiger partial charge on any atom is 0.317 e. The maximum absolute atomic E-state index is 12.2. The Labute approximate surface area is 125 Å². The van der Waals surface area contributed by atoms with Crippen molar-refractivity contribution in [3.8, 4) is 0 Å². The molecule has 2 unspecified atom stereocenters. The first-order valence-corrected chi connectivity index (χ1v) is 10.8. The van der Waals surface area contributed by atoms with Crippen LogP contribution in [0.2, 0.25) is 0 Å². The number of carbonyl (C=O) groups excluding carboxylic acids is 1. The molecule has 7 nitrogen and oxygen atoms in total. The Kier molecular flexibility index (Phi) is 4.82. The van der Waals surface area contributed by atoms with Crippen molar-refractivity contribution in [1.82, 2.24) is 10.2 Å². The Hall–Kier alpha value is -0.830. The molecule has 2 fully saturated rings. The van der Waals surface area contributed by atoms with Crippen LogP contribution in [0.3, 0.4) is 0 Å². The van der Waals surface area contributed by atoms with Crippen molar-refractivity contribution < 1.29 is 21.6 Å². The monoisotopic (exact) mass is 338 g/mol. The molecule has 0 aliphatic carbocycles. The van der Waals surface area contributed by atoms with Crippen LogP contribution in [0.4, 0.5) is 4.79 Å². The van der Waals surface area contributed by atoms with E-state index < -0.39 is 19.7 Å². The van der Waals surface area contributed by atoms with Crippen LogP contribution >= 0.6 is 0 Å². The van der Waals surface area contributed by atoms with Crippen molar-refractivity contribution in [2.45, 2.75) is 25.8 Å². The highest BCUT2D eigenvalue weighted by molar-refractivity contribution is 7.91. The quantitative estimate of drug-likeness (QED) is 0.754. The summed E-state index contributed by atoms with van der Waals surface area (Å²) < 4.78 is 45.7. The molecular formula is C12H22N2O5S2. The lowest BCUT2D eigenvalue weighted by atomic mass is 10.1. The molecule has 0 bridgehead atoms. The van der Waals surface area contributed by atoms with Gasteiger partial charge in [0.15, 0.2) is 19.7 Å². The van der Waals surface area contributed by atoms with Gasteiger partial charge >= 0.3 is 6.03 Å². The molecule has 0 aromatic rings. The Morgan fingerprint density at radius 1 is 1.10 bits per heavy atom. The van der Waals surface area contributed by atoms with Crippen molar-refractivity contribution in [3.63, 3.8) is 0 Å². The van der Waals surface area contributed by atoms with E-state index in [1.54, 1.807) is 0 Å². The number of hydrogen-bond donors (Lipinski definition) is 1. The van der Waals surface area contributed by atoms with Crippen LogP contribution in [-0.2, 0) is 19.7 Å². The van der Waals surface area contributed by atoms with E-state index in [0.29, 0.717) is 25.9 Å². The molecule has 0 aromatic heterocycles. The minimum Gasteiger partial charge on any atom is -0.338 e. The molecule has 0 saturated carbocycles. The van der Waals surface area contributed by atoms with Crippen molar-refractivity contribution >= 4 is 25.7 Å². The molecule has 122 valence electrons. The van der Waals surface area contributed by atoms with Gasteiger partial charge in [0.05, 0.1) is 23.0 Å². The molecule has 0 aromatic carbocycles. The van der Waals surface area contributed by atoms with Crippen LogP contribution in [0.5, 0.6) is 0 Å². The minimum absolute atomic E-state index is 0.0199. The van der Waals surface area contributed by atoms with Crippen molar-refractivity contribution in [2.24, 2.45) is 5.92 Å². The largest absolute Gasteiger partial charge is 0.338 e. The summed E-state index contributed by atoms with van der Waals surface area (Å²) in [5.41, 5.74) is 0. The fraction of sp³-hybridized carbons (Fsp3) is 0.917. The number of hydrogen-bond acceptors (Lipinski definition) is 5. The summed E-state index contributed by atoms with van der Waals surface area (Å²) in [7, 11) is -5.98. The fourth-order valence-corrected chi connectivity index (χ4v) is 6.55. The highest BCUT2D eigenvalue weighted by Crippen LogP contribution is 2.19. The van der Waals surface area contributed by atoms with E-state index in [1.165, 1.54) is 4.90 Å². The summed E-state index contributed by atoms with van der Waals surface area (Å²) >= 11 is 0. The van der Waals surface area contributed by atoms with Gasteiger partial charge in [-0.05, 0) is 25.7 Å². The third kappa shape index (κ3) is 4.32. The molecule has 0 radical (unpaired) electrons. The topological polar surface area (TPSA) is 101 Å².